The van der Waals surface area contributed by atoms with Gasteiger partial charge in [0.25, 0.3) is 0 Å². The summed E-state index contributed by atoms with van der Waals surface area (Å²) in [4.78, 5) is 11.6. The summed E-state index contributed by atoms with van der Waals surface area (Å²) in [6.45, 7) is 11.4. The molecule has 0 N–H and O–H groups in total. The third-order valence-corrected chi connectivity index (χ3v) is 5.85. The van der Waals surface area contributed by atoms with Gasteiger partial charge < -0.3 is 4.74 Å². The van der Waals surface area contributed by atoms with E-state index in [9.17, 15) is 4.79 Å². The summed E-state index contributed by atoms with van der Waals surface area (Å²) in [5.41, 5.74) is 1.43. The van der Waals surface area contributed by atoms with Crippen molar-refractivity contribution in [1.29, 1.82) is 0 Å². The third kappa shape index (κ3) is 2.33. The first-order chi connectivity index (χ1) is 6.79. The molecule has 0 aromatic heterocycles. The quantitative estimate of drug-likeness (QED) is 0.534. The normalized spacial score (nSPS) is 27.1. The van der Waals surface area contributed by atoms with Crippen LogP contribution in [-0.4, -0.2) is 21.2 Å². The van der Waals surface area contributed by atoms with Gasteiger partial charge in [-0.05, 0) is 19.3 Å². The molecule has 0 fully saturated rings. The lowest BCUT2D eigenvalue weighted by Gasteiger charge is -2.25. The number of rotatable bonds is 2. The molecule has 0 radical (unpaired) electrons. The molecule has 0 heterocycles. The minimum atomic E-state index is -1.28. The Hall–Kier alpha value is -0.573. The van der Waals surface area contributed by atoms with Crippen molar-refractivity contribution >= 4 is 14.0 Å². The maximum absolute atomic E-state index is 11.6. The molecule has 86 valence electrons. The van der Waals surface area contributed by atoms with Gasteiger partial charge in [0.2, 0.25) is 0 Å². The van der Waals surface area contributed by atoms with Crippen molar-refractivity contribution in [3.05, 3.63) is 10.8 Å². The van der Waals surface area contributed by atoms with Crippen molar-refractivity contribution in [3.8, 4) is 0 Å². The number of carbonyl (C=O) groups is 1. The van der Waals surface area contributed by atoms with E-state index in [0.29, 0.717) is 5.92 Å². The molecular weight excluding hydrogens is 204 g/mol. The molecule has 0 aromatic carbocycles. The van der Waals surface area contributed by atoms with Crippen LogP contribution in [0.2, 0.25) is 19.6 Å². The van der Waals surface area contributed by atoms with Crippen LogP contribution in [-0.2, 0) is 9.53 Å². The van der Waals surface area contributed by atoms with Gasteiger partial charge in [-0.3, -0.25) is 4.79 Å². The molecule has 2 unspecified atom stereocenters. The maximum Gasteiger partial charge on any atom is 0.309 e. The molecule has 0 saturated carbocycles. The Balaban J connectivity index is 2.94. The van der Waals surface area contributed by atoms with Gasteiger partial charge in [-0.15, -0.1) is 0 Å². The molecule has 0 aromatic rings. The van der Waals surface area contributed by atoms with Gasteiger partial charge in [-0.25, -0.2) is 0 Å². The van der Waals surface area contributed by atoms with Crippen LogP contribution in [0, 0.1) is 11.8 Å². The zero-order valence-corrected chi connectivity index (χ0v) is 11.7. The van der Waals surface area contributed by atoms with Crippen LogP contribution in [0.15, 0.2) is 10.8 Å². The number of ether oxygens (including phenoxy) is 1. The monoisotopic (exact) mass is 226 g/mol. The molecule has 1 aliphatic carbocycles. The first-order valence-electron chi connectivity index (χ1n) is 5.57. The van der Waals surface area contributed by atoms with Crippen LogP contribution in [0.1, 0.15) is 20.3 Å². The second-order valence-corrected chi connectivity index (χ2v) is 10.6. The summed E-state index contributed by atoms with van der Waals surface area (Å²) in [7, 11) is 0.204. The Morgan fingerprint density at radius 1 is 1.40 bits per heavy atom. The maximum atomic E-state index is 11.6. The number of allylic oxidation sites excluding steroid dienone is 2. The van der Waals surface area contributed by atoms with E-state index in [-0.39, 0.29) is 11.9 Å². The van der Waals surface area contributed by atoms with E-state index >= 15 is 0 Å². The molecule has 0 saturated heterocycles. The van der Waals surface area contributed by atoms with Crippen LogP contribution in [0.5, 0.6) is 0 Å². The lowest BCUT2D eigenvalue weighted by molar-refractivity contribution is -0.146. The van der Waals surface area contributed by atoms with E-state index in [0.717, 1.165) is 6.42 Å². The SMILES string of the molecule is COC(=O)C1CC(C)=C([Si](C)(C)C)C1C. The Bertz CT molecular complexity index is 299. The molecule has 0 spiro atoms. The molecule has 2 atom stereocenters. The number of hydrogen-bond donors (Lipinski definition) is 0. The van der Waals surface area contributed by atoms with Crippen LogP contribution in [0.4, 0.5) is 0 Å². The van der Waals surface area contributed by atoms with Crippen molar-refractivity contribution in [2.75, 3.05) is 7.11 Å². The highest BCUT2D eigenvalue weighted by Crippen LogP contribution is 2.41. The fourth-order valence-electron chi connectivity index (χ4n) is 2.97. The summed E-state index contributed by atoms with van der Waals surface area (Å²) in [6, 6.07) is 0. The fraction of sp³-hybridized carbons (Fsp3) is 0.750. The fourth-order valence-corrected chi connectivity index (χ4v) is 5.92. The molecule has 1 aliphatic rings. The van der Waals surface area contributed by atoms with Crippen LogP contribution < -0.4 is 0 Å². The second kappa shape index (κ2) is 4.12. The van der Waals surface area contributed by atoms with Gasteiger partial charge in [0.1, 0.15) is 0 Å². The predicted octanol–water partition coefficient (Wildman–Crippen LogP) is 3.01. The molecule has 0 aliphatic heterocycles. The van der Waals surface area contributed by atoms with Crippen LogP contribution in [0.3, 0.4) is 0 Å². The first kappa shape index (κ1) is 12.5. The Labute approximate surface area is 93.7 Å². The van der Waals surface area contributed by atoms with E-state index in [1.165, 1.54) is 12.7 Å². The average Bonchev–Trinajstić information content (AvgIpc) is 2.39. The smallest absolute Gasteiger partial charge is 0.309 e. The summed E-state index contributed by atoms with van der Waals surface area (Å²) in [6.07, 6.45) is 0.896. The van der Waals surface area contributed by atoms with Gasteiger partial charge >= 0.3 is 5.97 Å². The Morgan fingerprint density at radius 3 is 2.27 bits per heavy atom. The van der Waals surface area contributed by atoms with Gasteiger partial charge in [0.05, 0.1) is 21.1 Å². The summed E-state index contributed by atoms with van der Waals surface area (Å²) in [5.74, 6) is 0.399. The summed E-state index contributed by atoms with van der Waals surface area (Å²) < 4.78 is 4.86. The van der Waals surface area contributed by atoms with Crippen LogP contribution in [0.25, 0.3) is 0 Å². The standard InChI is InChI=1S/C12H22O2Si/c1-8-7-10(12(13)14-3)9(2)11(8)15(4,5)6/h9-10H,7H2,1-6H3. The molecular formula is C12H22O2Si. The molecule has 2 nitrogen and oxygen atoms in total. The van der Waals surface area contributed by atoms with Crippen molar-refractivity contribution in [3.63, 3.8) is 0 Å². The first-order valence-corrected chi connectivity index (χ1v) is 9.07. The van der Waals surface area contributed by atoms with E-state index in [2.05, 4.69) is 33.5 Å². The van der Waals surface area contributed by atoms with Gasteiger partial charge in [0.15, 0.2) is 0 Å². The highest BCUT2D eigenvalue weighted by molar-refractivity contribution is 6.83. The molecule has 15 heavy (non-hydrogen) atoms. The van der Waals surface area contributed by atoms with E-state index in [4.69, 9.17) is 4.74 Å². The van der Waals surface area contributed by atoms with Crippen molar-refractivity contribution in [1.82, 2.24) is 0 Å². The minimum absolute atomic E-state index is 0.0462. The molecule has 0 amide bonds. The van der Waals surface area contributed by atoms with Gasteiger partial charge in [0, 0.05) is 0 Å². The van der Waals surface area contributed by atoms with E-state index in [1.54, 1.807) is 5.20 Å². The highest BCUT2D eigenvalue weighted by Gasteiger charge is 2.40. The van der Waals surface area contributed by atoms with Gasteiger partial charge in [-0.2, -0.15) is 0 Å². The van der Waals surface area contributed by atoms with E-state index < -0.39 is 8.07 Å². The number of esters is 1. The predicted molar refractivity (Wildman–Crippen MR) is 65.3 cm³/mol. The number of hydrogen-bond acceptors (Lipinski definition) is 2. The summed E-state index contributed by atoms with van der Waals surface area (Å²) in [5, 5.41) is 1.57. The zero-order chi connectivity index (χ0) is 11.8. The lowest BCUT2D eigenvalue weighted by atomic mass is 9.97. The third-order valence-electron chi connectivity index (χ3n) is 3.36. The largest absolute Gasteiger partial charge is 0.469 e. The molecule has 1 rings (SSSR count). The Kier molecular flexibility index (Phi) is 3.43. The zero-order valence-electron chi connectivity index (χ0n) is 10.7. The topological polar surface area (TPSA) is 26.3 Å². The summed E-state index contributed by atoms with van der Waals surface area (Å²) >= 11 is 0. The second-order valence-electron chi connectivity index (χ2n) is 5.57. The Morgan fingerprint density at radius 2 is 1.93 bits per heavy atom. The highest BCUT2D eigenvalue weighted by atomic mass is 28.3. The lowest BCUT2D eigenvalue weighted by Crippen LogP contribution is -2.30. The minimum Gasteiger partial charge on any atom is -0.469 e. The van der Waals surface area contributed by atoms with Crippen molar-refractivity contribution in [2.24, 2.45) is 11.8 Å². The van der Waals surface area contributed by atoms with Crippen LogP contribution >= 0.6 is 0 Å². The molecule has 3 heteroatoms. The average molecular weight is 226 g/mol. The number of carbonyl (C=O) groups excluding carboxylic acids is 1. The van der Waals surface area contributed by atoms with Crippen molar-refractivity contribution in [2.45, 2.75) is 39.9 Å². The number of methoxy groups -OCH3 is 1. The molecule has 0 bridgehead atoms. The van der Waals surface area contributed by atoms with Crippen molar-refractivity contribution < 1.29 is 9.53 Å². The van der Waals surface area contributed by atoms with Gasteiger partial charge in [-0.1, -0.05) is 37.3 Å². The van der Waals surface area contributed by atoms with E-state index in [1.807, 2.05) is 0 Å².